The molecule has 0 aliphatic rings. The van der Waals surface area contributed by atoms with Gasteiger partial charge in [-0.25, -0.2) is 9.97 Å². The summed E-state index contributed by atoms with van der Waals surface area (Å²) in [6.45, 7) is 0. The van der Waals surface area contributed by atoms with E-state index >= 15 is 0 Å². The number of aromatic nitrogens is 4. The maximum atomic E-state index is 6.80. The van der Waals surface area contributed by atoms with Gasteiger partial charge in [0.25, 0.3) is 0 Å². The summed E-state index contributed by atoms with van der Waals surface area (Å²) in [7, 11) is 0. The van der Waals surface area contributed by atoms with E-state index in [1.54, 1.807) is 0 Å². The first-order valence-corrected chi connectivity index (χ1v) is 18.6. The van der Waals surface area contributed by atoms with Crippen molar-refractivity contribution in [3.05, 3.63) is 182 Å². The van der Waals surface area contributed by atoms with Crippen LogP contribution in [0.15, 0.2) is 186 Å². The van der Waals surface area contributed by atoms with Gasteiger partial charge in [-0.15, -0.1) is 0 Å². The molecule has 0 atom stereocenters. The maximum Gasteiger partial charge on any atom is 0.235 e. The van der Waals surface area contributed by atoms with Crippen LogP contribution in [-0.2, 0) is 0 Å². The molecular formula is C50H30N4O. The molecule has 0 aliphatic heterocycles. The molecule has 55 heavy (non-hydrogen) atoms. The Hall–Kier alpha value is -7.50. The van der Waals surface area contributed by atoms with E-state index in [0.29, 0.717) is 5.95 Å². The van der Waals surface area contributed by atoms with E-state index in [4.69, 9.17) is 14.4 Å². The molecule has 0 fully saturated rings. The van der Waals surface area contributed by atoms with Gasteiger partial charge in [0.05, 0.1) is 38.7 Å². The molecule has 12 rings (SSSR count). The number of hydrogen-bond donors (Lipinski definition) is 0. The maximum absolute atomic E-state index is 6.80. The SMILES string of the molecule is c1ccc(-c2nc(-n3c4ccccc4c4c5oc6ccccc6c5cc(-c5ccc6c(c5)c5ccccc5n6-c5ccccc5)c43)nc3ccccc23)cc1. The van der Waals surface area contributed by atoms with Crippen LogP contribution in [0.3, 0.4) is 0 Å². The Kier molecular flexibility index (Phi) is 6.27. The van der Waals surface area contributed by atoms with Crippen LogP contribution in [0, 0.1) is 0 Å². The quantitative estimate of drug-likeness (QED) is 0.183. The van der Waals surface area contributed by atoms with E-state index in [1.807, 2.05) is 18.2 Å². The molecule has 12 aromatic rings. The molecule has 256 valence electrons. The lowest BCUT2D eigenvalue weighted by atomic mass is 9.97. The van der Waals surface area contributed by atoms with E-state index < -0.39 is 0 Å². The van der Waals surface area contributed by atoms with E-state index in [1.165, 1.54) is 16.3 Å². The van der Waals surface area contributed by atoms with Crippen molar-refractivity contribution in [2.75, 3.05) is 0 Å². The molecule has 0 unspecified atom stereocenters. The summed E-state index contributed by atoms with van der Waals surface area (Å²) in [5.41, 5.74) is 12.2. The number of rotatable bonds is 4. The number of hydrogen-bond acceptors (Lipinski definition) is 3. The van der Waals surface area contributed by atoms with E-state index in [9.17, 15) is 0 Å². The van der Waals surface area contributed by atoms with E-state index in [2.05, 4.69) is 173 Å². The second-order valence-electron chi connectivity index (χ2n) is 14.2. The molecule has 0 aliphatic carbocycles. The van der Waals surface area contributed by atoms with Gasteiger partial charge in [-0.1, -0.05) is 127 Å². The summed E-state index contributed by atoms with van der Waals surface area (Å²) >= 11 is 0. The molecule has 0 spiro atoms. The minimum atomic E-state index is 0.613. The minimum Gasteiger partial charge on any atom is -0.455 e. The van der Waals surface area contributed by atoms with Gasteiger partial charge in [-0.3, -0.25) is 4.57 Å². The average Bonchev–Trinajstić information content (AvgIpc) is 3.91. The topological polar surface area (TPSA) is 48.8 Å². The Morgan fingerprint density at radius 3 is 1.87 bits per heavy atom. The Balaban J connectivity index is 1.24. The third-order valence-electron chi connectivity index (χ3n) is 11.1. The van der Waals surface area contributed by atoms with Gasteiger partial charge in [0.15, 0.2) is 0 Å². The monoisotopic (exact) mass is 702 g/mol. The van der Waals surface area contributed by atoms with Crippen molar-refractivity contribution in [2.24, 2.45) is 0 Å². The van der Waals surface area contributed by atoms with Gasteiger partial charge >= 0.3 is 0 Å². The van der Waals surface area contributed by atoms with Crippen molar-refractivity contribution < 1.29 is 4.42 Å². The van der Waals surface area contributed by atoms with Crippen LogP contribution in [0.25, 0.3) is 110 Å². The van der Waals surface area contributed by atoms with Crippen molar-refractivity contribution in [1.82, 2.24) is 19.1 Å². The number of benzene rings is 8. The Labute approximate surface area is 315 Å². The van der Waals surface area contributed by atoms with E-state index in [-0.39, 0.29) is 0 Å². The molecule has 0 saturated heterocycles. The first-order chi connectivity index (χ1) is 27.3. The minimum absolute atomic E-state index is 0.613. The molecule has 5 nitrogen and oxygen atoms in total. The third-order valence-corrected chi connectivity index (χ3v) is 11.1. The highest BCUT2D eigenvalue weighted by atomic mass is 16.3. The van der Waals surface area contributed by atoms with Crippen LogP contribution >= 0.6 is 0 Å². The summed E-state index contributed by atoms with van der Waals surface area (Å²) in [6.07, 6.45) is 0. The average molecular weight is 703 g/mol. The second kappa shape index (κ2) is 11.5. The number of fused-ring (bicyclic) bond motifs is 11. The van der Waals surface area contributed by atoms with Gasteiger partial charge in [0.1, 0.15) is 11.2 Å². The van der Waals surface area contributed by atoms with Crippen molar-refractivity contribution in [2.45, 2.75) is 0 Å². The van der Waals surface area contributed by atoms with Crippen LogP contribution in [0.4, 0.5) is 0 Å². The molecule has 0 radical (unpaired) electrons. The van der Waals surface area contributed by atoms with E-state index in [0.717, 1.165) is 88.2 Å². The standard InChI is InChI=1S/C50H30N4O/c1-3-15-31(16-4-1)47-36-21-7-11-23-41(36)51-50(52-47)54-43-25-13-9-22-37(43)46-48(54)38(30-40-35-20-10-14-26-45(35)55-49(40)46)32-27-28-44-39(29-32)34-19-8-12-24-42(34)53(44)33-17-5-2-6-18-33/h1-30H. The lowest BCUT2D eigenvalue weighted by Crippen LogP contribution is -2.04. The second-order valence-corrected chi connectivity index (χ2v) is 14.2. The highest BCUT2D eigenvalue weighted by Crippen LogP contribution is 2.46. The smallest absolute Gasteiger partial charge is 0.235 e. The fraction of sp³-hybridized carbons (Fsp3) is 0. The summed E-state index contributed by atoms with van der Waals surface area (Å²) < 4.78 is 11.4. The van der Waals surface area contributed by atoms with Gasteiger partial charge in [0, 0.05) is 49.1 Å². The summed E-state index contributed by atoms with van der Waals surface area (Å²) in [5.74, 6) is 0.613. The van der Waals surface area contributed by atoms with Crippen molar-refractivity contribution in [3.63, 3.8) is 0 Å². The predicted octanol–water partition coefficient (Wildman–Crippen LogP) is 13.1. The molecule has 4 aromatic heterocycles. The lowest BCUT2D eigenvalue weighted by Gasteiger charge is -2.14. The molecule has 0 saturated carbocycles. The van der Waals surface area contributed by atoms with Gasteiger partial charge in [-0.2, -0.15) is 0 Å². The summed E-state index contributed by atoms with van der Waals surface area (Å²) in [6, 6.07) is 64.1. The first-order valence-electron chi connectivity index (χ1n) is 18.6. The molecule has 5 heteroatoms. The fourth-order valence-electron chi connectivity index (χ4n) is 8.74. The fourth-order valence-corrected chi connectivity index (χ4v) is 8.74. The zero-order chi connectivity index (χ0) is 36.0. The largest absolute Gasteiger partial charge is 0.455 e. The van der Waals surface area contributed by atoms with Crippen LogP contribution in [0.2, 0.25) is 0 Å². The molecule has 0 bridgehead atoms. The number of nitrogens with zero attached hydrogens (tertiary/aromatic N) is 4. The molecular weight excluding hydrogens is 673 g/mol. The Morgan fingerprint density at radius 2 is 1.05 bits per heavy atom. The lowest BCUT2D eigenvalue weighted by molar-refractivity contribution is 0.673. The third kappa shape index (κ3) is 4.35. The highest BCUT2D eigenvalue weighted by molar-refractivity contribution is 6.27. The van der Waals surface area contributed by atoms with Crippen LogP contribution < -0.4 is 0 Å². The van der Waals surface area contributed by atoms with Gasteiger partial charge in [0.2, 0.25) is 5.95 Å². The van der Waals surface area contributed by atoms with Crippen LogP contribution in [-0.4, -0.2) is 19.1 Å². The predicted molar refractivity (Wildman–Crippen MR) is 226 cm³/mol. The zero-order valence-corrected chi connectivity index (χ0v) is 29.5. The Bertz CT molecular complexity index is 3480. The molecule has 0 N–H and O–H groups in total. The van der Waals surface area contributed by atoms with Crippen molar-refractivity contribution >= 4 is 76.5 Å². The normalized spacial score (nSPS) is 12.0. The highest BCUT2D eigenvalue weighted by Gasteiger charge is 2.25. The molecule has 8 aromatic carbocycles. The number of furan rings is 1. The Morgan fingerprint density at radius 1 is 0.418 bits per heavy atom. The van der Waals surface area contributed by atoms with Crippen LogP contribution in [0.1, 0.15) is 0 Å². The zero-order valence-electron chi connectivity index (χ0n) is 29.5. The van der Waals surface area contributed by atoms with Crippen molar-refractivity contribution in [1.29, 1.82) is 0 Å². The van der Waals surface area contributed by atoms with Gasteiger partial charge in [-0.05, 0) is 60.2 Å². The number of para-hydroxylation sites is 5. The molecule has 4 heterocycles. The van der Waals surface area contributed by atoms with Gasteiger partial charge < -0.3 is 8.98 Å². The van der Waals surface area contributed by atoms with Crippen LogP contribution in [0.5, 0.6) is 0 Å². The summed E-state index contributed by atoms with van der Waals surface area (Å²) in [5, 5.41) is 7.72. The summed E-state index contributed by atoms with van der Waals surface area (Å²) in [4.78, 5) is 10.7. The van der Waals surface area contributed by atoms with Crippen molar-refractivity contribution in [3.8, 4) is 34.0 Å². The first kappa shape index (κ1) is 30.0. The molecule has 0 amide bonds.